The molecular weight excluding hydrogens is 154 g/mol. The molecule has 1 unspecified atom stereocenters. The number of amides is 1. The number of carbonyl (C=O) groups is 1. The van der Waals surface area contributed by atoms with E-state index < -0.39 is 0 Å². The van der Waals surface area contributed by atoms with E-state index in [9.17, 15) is 4.79 Å². The molecular formula is C8H17N3O. The Morgan fingerprint density at radius 1 is 1.75 bits per heavy atom. The zero-order valence-corrected chi connectivity index (χ0v) is 7.55. The molecule has 1 aliphatic rings. The van der Waals surface area contributed by atoms with Crippen molar-refractivity contribution in [3.05, 3.63) is 0 Å². The predicted octanol–water partition coefficient (Wildman–Crippen LogP) is -0.292. The summed E-state index contributed by atoms with van der Waals surface area (Å²) >= 11 is 0. The van der Waals surface area contributed by atoms with Gasteiger partial charge >= 0.3 is 0 Å². The fourth-order valence-electron chi connectivity index (χ4n) is 1.56. The Labute approximate surface area is 73.1 Å². The number of nitrogens with two attached hydrogens (primary N) is 1. The average Bonchev–Trinajstić information content (AvgIpc) is 2.47. The summed E-state index contributed by atoms with van der Waals surface area (Å²) in [6.45, 7) is 5.33. The van der Waals surface area contributed by atoms with Crippen molar-refractivity contribution < 1.29 is 4.79 Å². The number of nitrogens with zero attached hydrogens (tertiary/aromatic N) is 1. The second-order valence-electron chi connectivity index (χ2n) is 3.51. The van der Waals surface area contributed by atoms with Crippen molar-refractivity contribution in [1.82, 2.24) is 10.3 Å². The van der Waals surface area contributed by atoms with Gasteiger partial charge in [0, 0.05) is 19.5 Å². The van der Waals surface area contributed by atoms with Crippen LogP contribution in [0.3, 0.4) is 0 Å². The standard InChI is InChI=1S/C8H17N3O/c1-7-2-4-11(6-7)5-3-8(12)10-9/h7H,2-6,9H2,1H3,(H,10,12). The highest BCUT2D eigenvalue weighted by atomic mass is 16.2. The van der Waals surface area contributed by atoms with E-state index in [4.69, 9.17) is 5.84 Å². The second kappa shape index (κ2) is 4.42. The number of carbonyl (C=O) groups excluding carboxylic acids is 1. The van der Waals surface area contributed by atoms with Gasteiger partial charge in [0.1, 0.15) is 0 Å². The fraction of sp³-hybridized carbons (Fsp3) is 0.875. The number of nitrogens with one attached hydrogen (secondary N) is 1. The Hall–Kier alpha value is -0.610. The quantitative estimate of drug-likeness (QED) is 0.348. The highest BCUT2D eigenvalue weighted by molar-refractivity contribution is 5.75. The van der Waals surface area contributed by atoms with E-state index in [2.05, 4.69) is 17.2 Å². The molecule has 1 amide bonds. The molecule has 0 spiro atoms. The Morgan fingerprint density at radius 2 is 2.50 bits per heavy atom. The van der Waals surface area contributed by atoms with Crippen LogP contribution in [0.2, 0.25) is 0 Å². The van der Waals surface area contributed by atoms with E-state index in [1.165, 1.54) is 6.42 Å². The highest BCUT2D eigenvalue weighted by Crippen LogP contribution is 2.14. The van der Waals surface area contributed by atoms with E-state index in [0.29, 0.717) is 6.42 Å². The lowest BCUT2D eigenvalue weighted by Gasteiger charge is -2.13. The van der Waals surface area contributed by atoms with Crippen molar-refractivity contribution in [3.8, 4) is 0 Å². The zero-order chi connectivity index (χ0) is 8.97. The molecule has 1 rings (SSSR count). The molecule has 4 heteroatoms. The summed E-state index contributed by atoms with van der Waals surface area (Å²) in [6, 6.07) is 0. The largest absolute Gasteiger partial charge is 0.303 e. The summed E-state index contributed by atoms with van der Waals surface area (Å²) < 4.78 is 0. The number of hydrazine groups is 1. The van der Waals surface area contributed by atoms with Gasteiger partial charge in [0.15, 0.2) is 0 Å². The Balaban J connectivity index is 2.11. The minimum absolute atomic E-state index is 0.0745. The maximum atomic E-state index is 10.8. The maximum Gasteiger partial charge on any atom is 0.235 e. The smallest absolute Gasteiger partial charge is 0.235 e. The predicted molar refractivity (Wildman–Crippen MR) is 47.2 cm³/mol. The first kappa shape index (κ1) is 9.48. The number of likely N-dealkylation sites (tertiary alicyclic amines) is 1. The third-order valence-corrected chi connectivity index (χ3v) is 2.32. The van der Waals surface area contributed by atoms with Gasteiger partial charge in [0.05, 0.1) is 0 Å². The molecule has 0 bridgehead atoms. The van der Waals surface area contributed by atoms with Gasteiger partial charge in [0.25, 0.3) is 0 Å². The van der Waals surface area contributed by atoms with Crippen LogP contribution in [0, 0.1) is 5.92 Å². The van der Waals surface area contributed by atoms with Crippen molar-refractivity contribution >= 4 is 5.91 Å². The van der Waals surface area contributed by atoms with Gasteiger partial charge in [-0.05, 0) is 18.9 Å². The van der Waals surface area contributed by atoms with Gasteiger partial charge < -0.3 is 4.90 Å². The van der Waals surface area contributed by atoms with E-state index in [1.807, 2.05) is 0 Å². The monoisotopic (exact) mass is 171 g/mol. The lowest BCUT2D eigenvalue weighted by atomic mass is 10.2. The molecule has 0 radical (unpaired) electrons. The van der Waals surface area contributed by atoms with Gasteiger partial charge in [-0.3, -0.25) is 10.2 Å². The van der Waals surface area contributed by atoms with Gasteiger partial charge in [-0.2, -0.15) is 0 Å². The van der Waals surface area contributed by atoms with Crippen LogP contribution in [0.1, 0.15) is 19.8 Å². The molecule has 0 saturated carbocycles. The topological polar surface area (TPSA) is 58.4 Å². The van der Waals surface area contributed by atoms with E-state index in [-0.39, 0.29) is 5.91 Å². The molecule has 4 nitrogen and oxygen atoms in total. The third-order valence-electron chi connectivity index (χ3n) is 2.32. The summed E-state index contributed by atoms with van der Waals surface area (Å²) in [5, 5.41) is 0. The number of rotatable bonds is 3. The molecule has 1 saturated heterocycles. The van der Waals surface area contributed by atoms with Crippen LogP contribution in [-0.4, -0.2) is 30.4 Å². The first-order valence-electron chi connectivity index (χ1n) is 4.44. The molecule has 3 N–H and O–H groups in total. The maximum absolute atomic E-state index is 10.8. The van der Waals surface area contributed by atoms with Crippen molar-refractivity contribution in [2.75, 3.05) is 19.6 Å². The third kappa shape index (κ3) is 2.79. The zero-order valence-electron chi connectivity index (χ0n) is 7.55. The van der Waals surface area contributed by atoms with Crippen LogP contribution in [0.5, 0.6) is 0 Å². The van der Waals surface area contributed by atoms with Gasteiger partial charge in [-0.15, -0.1) is 0 Å². The van der Waals surface area contributed by atoms with Gasteiger partial charge in [-0.1, -0.05) is 6.92 Å². The molecule has 0 aromatic heterocycles. The van der Waals surface area contributed by atoms with E-state index in [1.54, 1.807) is 0 Å². The molecule has 12 heavy (non-hydrogen) atoms. The van der Waals surface area contributed by atoms with Crippen LogP contribution in [0.15, 0.2) is 0 Å². The Morgan fingerprint density at radius 3 is 3.00 bits per heavy atom. The van der Waals surface area contributed by atoms with Crippen molar-refractivity contribution in [1.29, 1.82) is 0 Å². The molecule has 0 aromatic rings. The molecule has 1 aliphatic heterocycles. The summed E-state index contributed by atoms with van der Waals surface area (Å²) in [6.07, 6.45) is 1.77. The lowest BCUT2D eigenvalue weighted by molar-refractivity contribution is -0.121. The van der Waals surface area contributed by atoms with Crippen LogP contribution in [0.25, 0.3) is 0 Å². The lowest BCUT2D eigenvalue weighted by Crippen LogP contribution is -2.33. The highest BCUT2D eigenvalue weighted by Gasteiger charge is 2.18. The van der Waals surface area contributed by atoms with E-state index in [0.717, 1.165) is 25.6 Å². The van der Waals surface area contributed by atoms with Crippen LogP contribution >= 0.6 is 0 Å². The van der Waals surface area contributed by atoms with Crippen LogP contribution < -0.4 is 11.3 Å². The number of hydrogen-bond donors (Lipinski definition) is 2. The minimum Gasteiger partial charge on any atom is -0.303 e. The van der Waals surface area contributed by atoms with Gasteiger partial charge in [-0.25, -0.2) is 5.84 Å². The van der Waals surface area contributed by atoms with Crippen LogP contribution in [0.4, 0.5) is 0 Å². The molecule has 0 aliphatic carbocycles. The Bertz CT molecular complexity index is 160. The molecule has 1 atom stereocenters. The summed E-state index contributed by atoms with van der Waals surface area (Å²) in [7, 11) is 0. The summed E-state index contributed by atoms with van der Waals surface area (Å²) in [5.74, 6) is 5.67. The van der Waals surface area contributed by atoms with Crippen molar-refractivity contribution in [2.24, 2.45) is 11.8 Å². The first-order valence-corrected chi connectivity index (χ1v) is 4.44. The second-order valence-corrected chi connectivity index (χ2v) is 3.51. The molecule has 70 valence electrons. The normalized spacial score (nSPS) is 24.3. The van der Waals surface area contributed by atoms with Gasteiger partial charge in [0.2, 0.25) is 5.91 Å². The van der Waals surface area contributed by atoms with Crippen molar-refractivity contribution in [2.45, 2.75) is 19.8 Å². The molecule has 1 fully saturated rings. The number of hydrogen-bond acceptors (Lipinski definition) is 3. The van der Waals surface area contributed by atoms with Crippen LogP contribution in [-0.2, 0) is 4.79 Å². The average molecular weight is 171 g/mol. The molecule has 1 heterocycles. The minimum atomic E-state index is -0.0745. The first-order chi connectivity index (χ1) is 5.72. The van der Waals surface area contributed by atoms with Crippen molar-refractivity contribution in [3.63, 3.8) is 0 Å². The van der Waals surface area contributed by atoms with E-state index >= 15 is 0 Å². The fourth-order valence-corrected chi connectivity index (χ4v) is 1.56. The SMILES string of the molecule is CC1CCN(CCC(=O)NN)C1. The summed E-state index contributed by atoms with van der Waals surface area (Å²) in [5.41, 5.74) is 2.13. The molecule has 0 aromatic carbocycles. The summed E-state index contributed by atoms with van der Waals surface area (Å²) in [4.78, 5) is 13.1. The Kier molecular flexibility index (Phi) is 3.49.